The third-order valence-corrected chi connectivity index (χ3v) is 12.6. The molecule has 2 aromatic heterocycles. The second-order valence-corrected chi connectivity index (χ2v) is 16.0. The molecular formula is C41H49N7O4. The van der Waals surface area contributed by atoms with E-state index in [0.29, 0.717) is 36.5 Å². The van der Waals surface area contributed by atoms with Crippen molar-refractivity contribution in [3.05, 3.63) is 70.6 Å². The van der Waals surface area contributed by atoms with E-state index in [1.54, 1.807) is 23.9 Å². The van der Waals surface area contributed by atoms with Crippen LogP contribution in [0.25, 0.3) is 16.7 Å². The van der Waals surface area contributed by atoms with Crippen LogP contribution in [-0.4, -0.2) is 84.9 Å². The molecule has 4 heterocycles. The highest BCUT2D eigenvalue weighted by atomic mass is 16.5. The quantitative estimate of drug-likeness (QED) is 0.239. The summed E-state index contributed by atoms with van der Waals surface area (Å²) in [5.41, 5.74) is 5.06. The lowest BCUT2D eigenvalue weighted by atomic mass is 9.49. The molecule has 6 fully saturated rings. The summed E-state index contributed by atoms with van der Waals surface area (Å²) in [5.74, 6) is 4.00. The molecule has 4 aromatic rings. The van der Waals surface area contributed by atoms with Gasteiger partial charge in [0.25, 0.3) is 5.56 Å². The number of ether oxygens (including phenoxy) is 2. The summed E-state index contributed by atoms with van der Waals surface area (Å²) in [6.07, 6.45) is 10.6. The van der Waals surface area contributed by atoms with Crippen molar-refractivity contribution in [2.75, 3.05) is 74.7 Å². The molecular weight excluding hydrogens is 654 g/mol. The standard InChI is InChI=1S/C41H49N7O4/c1-27-16-37(49)48(33-5-3-4-31(20-33)46-12-14-52-15-13-46)39-34(27)26-42-40(44-39)43-35-7-6-32(21-36(35)51-2)45-8-10-47(11-9-45)38(50)25-41-22-28-17-29(23-41)19-30(18-28)24-41/h3-7,16,20-21,26,28-30H,8-15,17-19,22-25H2,1-2H3,(H,42,43,44). The molecule has 1 amide bonds. The van der Waals surface area contributed by atoms with E-state index in [0.717, 1.165) is 97.1 Å². The maximum absolute atomic E-state index is 13.6. The Morgan fingerprint density at radius 3 is 2.27 bits per heavy atom. The van der Waals surface area contributed by atoms with Crippen molar-refractivity contribution < 1.29 is 14.3 Å². The Labute approximate surface area is 304 Å². The first-order valence-corrected chi connectivity index (χ1v) is 19.1. The number of amides is 1. The number of aryl methyl sites for hydroxylation is 1. The molecule has 4 aliphatic carbocycles. The molecule has 11 heteroatoms. The number of aromatic nitrogens is 3. The Kier molecular flexibility index (Phi) is 8.56. The molecule has 52 heavy (non-hydrogen) atoms. The van der Waals surface area contributed by atoms with E-state index in [-0.39, 0.29) is 11.0 Å². The van der Waals surface area contributed by atoms with Gasteiger partial charge in [0.05, 0.1) is 31.7 Å². The second kappa shape index (κ2) is 13.4. The predicted octanol–water partition coefficient (Wildman–Crippen LogP) is 5.93. The Hall–Kier alpha value is -4.64. The van der Waals surface area contributed by atoms with Crippen molar-refractivity contribution in [1.82, 2.24) is 19.4 Å². The van der Waals surface area contributed by atoms with Crippen molar-refractivity contribution in [2.24, 2.45) is 23.2 Å². The fourth-order valence-electron chi connectivity index (χ4n) is 10.5. The first kappa shape index (κ1) is 33.2. The first-order valence-electron chi connectivity index (χ1n) is 19.1. The summed E-state index contributed by atoms with van der Waals surface area (Å²) in [7, 11) is 1.66. The lowest BCUT2D eigenvalue weighted by Crippen LogP contribution is -2.52. The summed E-state index contributed by atoms with van der Waals surface area (Å²) in [6, 6.07) is 15.8. The molecule has 0 spiro atoms. The van der Waals surface area contributed by atoms with E-state index in [1.807, 2.05) is 37.3 Å². The number of rotatable bonds is 8. The Balaban J connectivity index is 0.905. The highest BCUT2D eigenvalue weighted by molar-refractivity contribution is 5.82. The number of carbonyl (C=O) groups is 1. The highest BCUT2D eigenvalue weighted by Gasteiger charge is 2.51. The van der Waals surface area contributed by atoms with Gasteiger partial charge in [-0.2, -0.15) is 4.98 Å². The zero-order valence-electron chi connectivity index (χ0n) is 30.4. The maximum atomic E-state index is 13.6. The van der Waals surface area contributed by atoms with Crippen molar-refractivity contribution in [2.45, 2.75) is 51.9 Å². The number of nitrogens with zero attached hydrogens (tertiary/aromatic N) is 6. The number of methoxy groups -OCH3 is 1. The van der Waals surface area contributed by atoms with Crippen LogP contribution in [0.1, 0.15) is 50.5 Å². The normalized spacial score (nSPS) is 25.5. The predicted molar refractivity (Wildman–Crippen MR) is 203 cm³/mol. The molecule has 0 atom stereocenters. The van der Waals surface area contributed by atoms with Gasteiger partial charge in [-0.05, 0) is 105 Å². The van der Waals surface area contributed by atoms with Crippen LogP contribution in [0.3, 0.4) is 0 Å². The fourth-order valence-corrected chi connectivity index (χ4v) is 10.5. The topological polar surface area (TPSA) is 105 Å². The molecule has 272 valence electrons. The Morgan fingerprint density at radius 2 is 1.56 bits per heavy atom. The van der Waals surface area contributed by atoms with E-state index in [2.05, 4.69) is 37.1 Å². The number of hydrogen-bond acceptors (Lipinski definition) is 9. The van der Waals surface area contributed by atoms with E-state index in [4.69, 9.17) is 14.5 Å². The SMILES string of the molecule is COc1cc(N2CCN(C(=O)CC34CC5CC(CC(C5)C3)C4)CC2)ccc1Nc1ncc2c(C)cc(=O)n(-c3cccc(N4CCOCC4)c3)c2n1. The number of morpholine rings is 1. The van der Waals surface area contributed by atoms with Crippen molar-refractivity contribution >= 4 is 40.0 Å². The van der Waals surface area contributed by atoms with Crippen LogP contribution < -0.4 is 25.4 Å². The van der Waals surface area contributed by atoms with E-state index >= 15 is 0 Å². The largest absolute Gasteiger partial charge is 0.494 e. The molecule has 4 saturated carbocycles. The van der Waals surface area contributed by atoms with Crippen molar-refractivity contribution in [3.8, 4) is 11.4 Å². The summed E-state index contributed by atoms with van der Waals surface area (Å²) < 4.78 is 13.1. The summed E-state index contributed by atoms with van der Waals surface area (Å²) in [4.78, 5) is 43.3. The number of hydrogen-bond donors (Lipinski definition) is 1. The van der Waals surface area contributed by atoms with Gasteiger partial charge in [-0.15, -0.1) is 0 Å². The van der Waals surface area contributed by atoms with Crippen LogP contribution in [0.15, 0.2) is 59.5 Å². The van der Waals surface area contributed by atoms with Gasteiger partial charge in [-0.3, -0.25) is 14.2 Å². The molecule has 0 radical (unpaired) electrons. The fraction of sp³-hybridized carbons (Fsp3) is 0.512. The van der Waals surface area contributed by atoms with Crippen molar-refractivity contribution in [1.29, 1.82) is 0 Å². The van der Waals surface area contributed by atoms with Gasteiger partial charge in [-0.1, -0.05) is 6.07 Å². The van der Waals surface area contributed by atoms with Crippen LogP contribution in [0.5, 0.6) is 5.75 Å². The number of nitrogens with one attached hydrogen (secondary N) is 1. The van der Waals surface area contributed by atoms with E-state index in [1.165, 1.54) is 38.5 Å². The molecule has 10 rings (SSSR count). The summed E-state index contributed by atoms with van der Waals surface area (Å²) in [6.45, 7) is 7.97. The smallest absolute Gasteiger partial charge is 0.257 e. The average Bonchev–Trinajstić information content (AvgIpc) is 3.15. The summed E-state index contributed by atoms with van der Waals surface area (Å²) >= 11 is 0. The monoisotopic (exact) mass is 703 g/mol. The lowest BCUT2D eigenvalue weighted by molar-refractivity contribution is -0.139. The zero-order valence-corrected chi connectivity index (χ0v) is 30.4. The molecule has 2 saturated heterocycles. The third-order valence-electron chi connectivity index (χ3n) is 12.6. The number of carbonyl (C=O) groups excluding carboxylic acids is 1. The number of pyridine rings is 1. The second-order valence-electron chi connectivity index (χ2n) is 16.0. The number of fused-ring (bicyclic) bond motifs is 1. The molecule has 1 N–H and O–H groups in total. The lowest BCUT2D eigenvalue weighted by Gasteiger charge is -2.57. The minimum absolute atomic E-state index is 0.148. The van der Waals surface area contributed by atoms with Crippen molar-refractivity contribution in [3.63, 3.8) is 0 Å². The molecule has 2 aromatic carbocycles. The van der Waals surface area contributed by atoms with Gasteiger partial charge < -0.3 is 29.5 Å². The minimum atomic E-state index is -0.148. The van der Waals surface area contributed by atoms with Crippen LogP contribution >= 0.6 is 0 Å². The highest BCUT2D eigenvalue weighted by Crippen LogP contribution is 2.61. The molecule has 2 aliphatic heterocycles. The number of piperazine rings is 1. The van der Waals surface area contributed by atoms with Gasteiger partial charge in [-0.25, -0.2) is 4.98 Å². The Morgan fingerprint density at radius 1 is 0.885 bits per heavy atom. The van der Waals surface area contributed by atoms with E-state index in [9.17, 15) is 9.59 Å². The summed E-state index contributed by atoms with van der Waals surface area (Å²) in [5, 5.41) is 4.16. The van der Waals surface area contributed by atoms with Crippen LogP contribution in [0.4, 0.5) is 23.0 Å². The molecule has 0 unspecified atom stereocenters. The number of benzene rings is 2. The van der Waals surface area contributed by atoms with E-state index < -0.39 is 0 Å². The van der Waals surface area contributed by atoms with Gasteiger partial charge in [0.2, 0.25) is 11.9 Å². The molecule has 11 nitrogen and oxygen atoms in total. The average molecular weight is 704 g/mol. The minimum Gasteiger partial charge on any atom is -0.494 e. The number of anilines is 4. The molecule has 4 bridgehead atoms. The molecule has 6 aliphatic rings. The maximum Gasteiger partial charge on any atom is 0.257 e. The van der Waals surface area contributed by atoms with Gasteiger partial charge in [0, 0.05) is 80.8 Å². The van der Waals surface area contributed by atoms with Gasteiger partial charge in [0.1, 0.15) is 5.75 Å². The Bertz CT molecular complexity index is 2010. The third kappa shape index (κ3) is 6.27. The first-order chi connectivity index (χ1) is 25.3. The van der Waals surface area contributed by atoms with Gasteiger partial charge in [0.15, 0.2) is 5.65 Å². The van der Waals surface area contributed by atoms with Crippen LogP contribution in [-0.2, 0) is 9.53 Å². The van der Waals surface area contributed by atoms with Crippen LogP contribution in [0, 0.1) is 30.1 Å². The van der Waals surface area contributed by atoms with Crippen LogP contribution in [0.2, 0.25) is 0 Å². The zero-order chi connectivity index (χ0) is 35.4. The van der Waals surface area contributed by atoms with Gasteiger partial charge >= 0.3 is 0 Å².